The van der Waals surface area contributed by atoms with E-state index in [0.717, 1.165) is 8.26 Å². The number of hydrogen-bond donors (Lipinski definition) is 1. The van der Waals surface area contributed by atoms with Gasteiger partial charge in [-0.15, -0.1) is 11.3 Å². The van der Waals surface area contributed by atoms with Gasteiger partial charge in [-0.2, -0.15) is 0 Å². The van der Waals surface area contributed by atoms with Crippen molar-refractivity contribution in [2.75, 3.05) is 5.32 Å². The zero-order chi connectivity index (χ0) is 12.4. The molecule has 1 N–H and O–H groups in total. The van der Waals surface area contributed by atoms with Crippen molar-refractivity contribution in [1.82, 2.24) is 4.98 Å². The minimum atomic E-state index is -0.212. The van der Waals surface area contributed by atoms with E-state index in [-0.39, 0.29) is 5.91 Å². The summed E-state index contributed by atoms with van der Waals surface area (Å²) < 4.78 is 1.73. The lowest BCUT2D eigenvalue weighted by Gasteiger charge is -2.01. The van der Waals surface area contributed by atoms with Gasteiger partial charge in [0.1, 0.15) is 5.82 Å². The van der Waals surface area contributed by atoms with Crippen LogP contribution in [0.25, 0.3) is 0 Å². The fourth-order valence-corrected chi connectivity index (χ4v) is 3.20. The molecule has 0 spiro atoms. The number of hydrogen-bond acceptors (Lipinski definition) is 3. The van der Waals surface area contributed by atoms with Crippen LogP contribution in [0.4, 0.5) is 5.82 Å². The average Bonchev–Trinajstić information content (AvgIpc) is 2.59. The van der Waals surface area contributed by atoms with E-state index in [1.165, 1.54) is 17.5 Å². The molecule has 2 heterocycles. The summed E-state index contributed by atoms with van der Waals surface area (Å²) in [4.78, 5) is 16.5. The largest absolute Gasteiger partial charge is 0.306 e. The van der Waals surface area contributed by atoms with E-state index in [1.54, 1.807) is 18.2 Å². The molecule has 0 radical (unpaired) electrons. The summed E-state index contributed by atoms with van der Waals surface area (Å²) in [6.07, 6.45) is 1.54. The summed E-state index contributed by atoms with van der Waals surface area (Å²) >= 11 is 13.8. The molecule has 2 rings (SSSR count). The number of thiophene rings is 1. The van der Waals surface area contributed by atoms with Gasteiger partial charge in [-0.05, 0) is 50.1 Å². The molecule has 0 saturated heterocycles. The van der Waals surface area contributed by atoms with Crippen molar-refractivity contribution in [2.24, 2.45) is 0 Å². The first-order valence-corrected chi connectivity index (χ1v) is 7.22. The van der Waals surface area contributed by atoms with Gasteiger partial charge in [-0.3, -0.25) is 4.79 Å². The SMILES string of the molecule is O=C(Nc1cc(Cl)ccn1)c1cc(Br)c(Br)s1. The lowest BCUT2D eigenvalue weighted by molar-refractivity contribution is 0.103. The van der Waals surface area contributed by atoms with Crippen molar-refractivity contribution in [3.05, 3.63) is 42.6 Å². The number of amides is 1. The van der Waals surface area contributed by atoms with E-state index in [9.17, 15) is 4.79 Å². The number of pyridine rings is 1. The van der Waals surface area contributed by atoms with Gasteiger partial charge in [-0.1, -0.05) is 11.6 Å². The minimum Gasteiger partial charge on any atom is -0.306 e. The molecule has 2 aromatic heterocycles. The molecule has 7 heteroatoms. The maximum Gasteiger partial charge on any atom is 0.266 e. The van der Waals surface area contributed by atoms with Crippen molar-refractivity contribution < 1.29 is 4.79 Å². The van der Waals surface area contributed by atoms with Gasteiger partial charge in [0, 0.05) is 15.7 Å². The van der Waals surface area contributed by atoms with Crippen LogP contribution in [0.5, 0.6) is 0 Å². The molecule has 0 bridgehead atoms. The number of nitrogens with zero attached hydrogens (tertiary/aromatic N) is 1. The molecular weight excluding hydrogens is 391 g/mol. The van der Waals surface area contributed by atoms with E-state index < -0.39 is 0 Å². The molecule has 88 valence electrons. The number of halogens is 3. The van der Waals surface area contributed by atoms with Crippen LogP contribution in [-0.2, 0) is 0 Å². The first kappa shape index (κ1) is 13.0. The quantitative estimate of drug-likeness (QED) is 0.808. The maximum atomic E-state index is 11.9. The highest BCUT2D eigenvalue weighted by molar-refractivity contribution is 9.13. The number of carbonyl (C=O) groups is 1. The van der Waals surface area contributed by atoms with Crippen LogP contribution in [0.3, 0.4) is 0 Å². The second-order valence-electron chi connectivity index (χ2n) is 3.05. The van der Waals surface area contributed by atoms with Crippen molar-refractivity contribution in [3.63, 3.8) is 0 Å². The molecule has 0 saturated carbocycles. The summed E-state index contributed by atoms with van der Waals surface area (Å²) in [6, 6.07) is 4.99. The van der Waals surface area contributed by atoms with E-state index in [1.807, 2.05) is 0 Å². The normalized spacial score (nSPS) is 10.3. The predicted molar refractivity (Wildman–Crippen MR) is 76.9 cm³/mol. The van der Waals surface area contributed by atoms with E-state index in [0.29, 0.717) is 15.7 Å². The Kier molecular flexibility index (Phi) is 4.19. The summed E-state index contributed by atoms with van der Waals surface area (Å²) in [5.41, 5.74) is 0. The van der Waals surface area contributed by atoms with Gasteiger partial charge in [-0.25, -0.2) is 4.98 Å². The van der Waals surface area contributed by atoms with Crippen LogP contribution in [0, 0.1) is 0 Å². The molecular formula is C10H5Br2ClN2OS. The topological polar surface area (TPSA) is 42.0 Å². The molecule has 0 unspecified atom stereocenters. The minimum absolute atomic E-state index is 0.212. The van der Waals surface area contributed by atoms with E-state index >= 15 is 0 Å². The summed E-state index contributed by atoms with van der Waals surface area (Å²) in [5, 5.41) is 3.21. The van der Waals surface area contributed by atoms with E-state index in [2.05, 4.69) is 42.2 Å². The molecule has 0 aromatic carbocycles. The zero-order valence-electron chi connectivity index (χ0n) is 8.21. The van der Waals surface area contributed by atoms with Gasteiger partial charge in [0.25, 0.3) is 5.91 Å². The third kappa shape index (κ3) is 3.28. The molecule has 0 aliphatic rings. The number of aromatic nitrogens is 1. The van der Waals surface area contributed by atoms with Gasteiger partial charge >= 0.3 is 0 Å². The fraction of sp³-hybridized carbons (Fsp3) is 0. The Bertz CT molecular complexity index is 554. The molecule has 1 amide bonds. The smallest absolute Gasteiger partial charge is 0.266 e. The van der Waals surface area contributed by atoms with Gasteiger partial charge < -0.3 is 5.32 Å². The number of rotatable bonds is 2. The summed E-state index contributed by atoms with van der Waals surface area (Å²) in [6.45, 7) is 0. The summed E-state index contributed by atoms with van der Waals surface area (Å²) in [5.74, 6) is 0.222. The maximum absolute atomic E-state index is 11.9. The highest BCUT2D eigenvalue weighted by atomic mass is 79.9. The van der Waals surface area contributed by atoms with Crippen LogP contribution in [0.1, 0.15) is 9.67 Å². The van der Waals surface area contributed by atoms with Crippen molar-refractivity contribution in [2.45, 2.75) is 0 Å². The highest BCUT2D eigenvalue weighted by Crippen LogP contribution is 2.32. The van der Waals surface area contributed by atoms with Crippen molar-refractivity contribution in [3.8, 4) is 0 Å². The predicted octanol–water partition coefficient (Wildman–Crippen LogP) is 4.57. The lowest BCUT2D eigenvalue weighted by Crippen LogP contribution is -2.11. The van der Waals surface area contributed by atoms with Crippen molar-refractivity contribution >= 4 is 66.5 Å². The Labute approximate surface area is 123 Å². The standard InChI is InChI=1S/C10H5Br2ClN2OS/c11-6-4-7(17-9(6)12)10(16)15-8-3-5(13)1-2-14-8/h1-4H,(H,14,15,16). The monoisotopic (exact) mass is 394 g/mol. The molecule has 0 aliphatic heterocycles. The third-order valence-corrected chi connectivity index (χ3v) is 5.32. The Balaban J connectivity index is 2.17. The number of carbonyl (C=O) groups excluding carboxylic acids is 1. The van der Waals surface area contributed by atoms with E-state index in [4.69, 9.17) is 11.6 Å². The molecule has 0 atom stereocenters. The van der Waals surface area contributed by atoms with Crippen LogP contribution in [-0.4, -0.2) is 10.9 Å². The lowest BCUT2D eigenvalue weighted by atomic mass is 10.4. The second kappa shape index (κ2) is 5.48. The number of anilines is 1. The zero-order valence-corrected chi connectivity index (χ0v) is 13.0. The average molecular weight is 396 g/mol. The van der Waals surface area contributed by atoms with Gasteiger partial charge in [0.15, 0.2) is 0 Å². The Hall–Kier alpha value is -0.430. The van der Waals surface area contributed by atoms with Gasteiger partial charge in [0.2, 0.25) is 0 Å². The third-order valence-electron chi connectivity index (χ3n) is 1.83. The molecule has 3 nitrogen and oxygen atoms in total. The first-order valence-electron chi connectivity index (χ1n) is 4.44. The van der Waals surface area contributed by atoms with Crippen LogP contribution < -0.4 is 5.32 Å². The highest BCUT2D eigenvalue weighted by Gasteiger charge is 2.12. The van der Waals surface area contributed by atoms with Crippen LogP contribution in [0.2, 0.25) is 5.02 Å². The van der Waals surface area contributed by atoms with Crippen LogP contribution in [0.15, 0.2) is 32.7 Å². The fourth-order valence-electron chi connectivity index (χ4n) is 1.11. The van der Waals surface area contributed by atoms with Gasteiger partial charge in [0.05, 0.1) is 8.66 Å². The molecule has 2 aromatic rings. The number of nitrogens with one attached hydrogen (secondary N) is 1. The Morgan fingerprint density at radius 3 is 2.76 bits per heavy atom. The molecule has 17 heavy (non-hydrogen) atoms. The molecule has 0 aliphatic carbocycles. The Morgan fingerprint density at radius 1 is 1.41 bits per heavy atom. The Morgan fingerprint density at radius 2 is 2.18 bits per heavy atom. The first-order chi connectivity index (χ1) is 8.06. The summed E-state index contributed by atoms with van der Waals surface area (Å²) in [7, 11) is 0. The van der Waals surface area contributed by atoms with Crippen molar-refractivity contribution in [1.29, 1.82) is 0 Å². The van der Waals surface area contributed by atoms with Crippen LogP contribution >= 0.6 is 54.8 Å². The second-order valence-corrected chi connectivity index (χ2v) is 6.71. The molecule has 0 fully saturated rings.